The SMILES string of the molecule is Cc1ccc(O[C@H]2C[C@H]3[C@@H]4[C@@H](C)C[C@H]5SC(=O)C=C[C@]5(C)[C@H]4CC[C@]3(C)C2)cc1. The highest BCUT2D eigenvalue weighted by molar-refractivity contribution is 8.14. The van der Waals surface area contributed by atoms with Gasteiger partial charge in [-0.15, -0.1) is 0 Å². The minimum Gasteiger partial charge on any atom is -0.490 e. The average molecular weight is 411 g/mol. The summed E-state index contributed by atoms with van der Waals surface area (Å²) in [5, 5.41) is 0.716. The second kappa shape index (κ2) is 6.90. The summed E-state index contributed by atoms with van der Waals surface area (Å²) in [5.74, 6) is 3.89. The van der Waals surface area contributed by atoms with Gasteiger partial charge in [-0.1, -0.05) is 56.3 Å². The molecule has 0 bridgehead atoms. The topological polar surface area (TPSA) is 26.3 Å². The molecule has 0 N–H and O–H groups in total. The lowest BCUT2D eigenvalue weighted by molar-refractivity contribution is -0.108. The van der Waals surface area contributed by atoms with Gasteiger partial charge in [0.05, 0.1) is 6.10 Å². The Bertz CT molecular complexity index is 830. The molecule has 0 unspecified atom stereocenters. The van der Waals surface area contributed by atoms with E-state index in [0.29, 0.717) is 28.6 Å². The molecule has 0 aromatic heterocycles. The zero-order chi connectivity index (χ0) is 20.4. The van der Waals surface area contributed by atoms with Crippen LogP contribution in [0.1, 0.15) is 58.4 Å². The highest BCUT2D eigenvalue weighted by Gasteiger charge is 2.61. The van der Waals surface area contributed by atoms with Gasteiger partial charge in [0.25, 0.3) is 0 Å². The Morgan fingerprint density at radius 1 is 1.10 bits per heavy atom. The summed E-state index contributed by atoms with van der Waals surface area (Å²) >= 11 is 1.61. The molecule has 3 fully saturated rings. The van der Waals surface area contributed by atoms with Gasteiger partial charge in [0.1, 0.15) is 5.75 Å². The van der Waals surface area contributed by atoms with Crippen LogP contribution in [0.2, 0.25) is 0 Å². The molecule has 1 heterocycles. The van der Waals surface area contributed by atoms with E-state index in [4.69, 9.17) is 4.74 Å². The Hall–Kier alpha value is -1.22. The van der Waals surface area contributed by atoms with Gasteiger partial charge in [-0.3, -0.25) is 4.79 Å². The van der Waals surface area contributed by atoms with E-state index in [9.17, 15) is 4.79 Å². The van der Waals surface area contributed by atoms with E-state index in [1.165, 1.54) is 37.7 Å². The number of thioether (sulfide) groups is 1. The van der Waals surface area contributed by atoms with Crippen molar-refractivity contribution in [3.63, 3.8) is 0 Å². The van der Waals surface area contributed by atoms with Crippen molar-refractivity contribution in [2.75, 3.05) is 0 Å². The van der Waals surface area contributed by atoms with Crippen molar-refractivity contribution in [1.29, 1.82) is 0 Å². The molecular weight excluding hydrogens is 376 g/mol. The quantitative estimate of drug-likeness (QED) is 0.562. The number of carbonyl (C=O) groups is 1. The minimum atomic E-state index is 0.174. The molecule has 29 heavy (non-hydrogen) atoms. The lowest BCUT2D eigenvalue weighted by Crippen LogP contribution is -2.55. The first-order valence-electron chi connectivity index (χ1n) is 11.4. The van der Waals surface area contributed by atoms with E-state index >= 15 is 0 Å². The first kappa shape index (κ1) is 19.7. The van der Waals surface area contributed by atoms with Crippen LogP contribution < -0.4 is 4.74 Å². The van der Waals surface area contributed by atoms with Crippen LogP contribution in [-0.2, 0) is 4.79 Å². The Kier molecular flexibility index (Phi) is 4.70. The molecule has 5 rings (SSSR count). The molecule has 0 amide bonds. The number of hydrogen-bond donors (Lipinski definition) is 0. The predicted octanol–water partition coefficient (Wildman–Crippen LogP) is 6.43. The van der Waals surface area contributed by atoms with Crippen LogP contribution in [0.25, 0.3) is 0 Å². The van der Waals surface area contributed by atoms with Crippen molar-refractivity contribution < 1.29 is 9.53 Å². The summed E-state index contributed by atoms with van der Waals surface area (Å²) in [6, 6.07) is 8.54. The van der Waals surface area contributed by atoms with Gasteiger partial charge in [-0.25, -0.2) is 0 Å². The van der Waals surface area contributed by atoms with Gasteiger partial charge >= 0.3 is 0 Å². The van der Waals surface area contributed by atoms with Crippen molar-refractivity contribution in [3.8, 4) is 5.75 Å². The molecule has 3 aliphatic carbocycles. The average Bonchev–Trinajstić information content (AvgIpc) is 3.01. The second-order valence-electron chi connectivity index (χ2n) is 10.8. The van der Waals surface area contributed by atoms with Gasteiger partial charge in [0.15, 0.2) is 0 Å². The van der Waals surface area contributed by atoms with Crippen molar-refractivity contribution >= 4 is 16.9 Å². The summed E-state index contributed by atoms with van der Waals surface area (Å²) in [4.78, 5) is 12.1. The zero-order valence-electron chi connectivity index (χ0n) is 18.2. The standard InChI is InChI=1S/C26H34O2S/c1-16-5-7-18(8-6-16)28-19-14-21-24-17(2)13-22-26(4,12-10-23(27)29-22)20(24)9-11-25(21,3)15-19/h5-8,10,12,17,19-22,24H,9,11,13-15H2,1-4H3/t17-,19-,20-,21-,22+,24+,25+,26+/m0/s1. The molecule has 2 nitrogen and oxygen atoms in total. The molecule has 1 aromatic rings. The molecule has 3 heteroatoms. The van der Waals surface area contributed by atoms with Crippen LogP contribution in [0, 0.1) is 41.4 Å². The Balaban J connectivity index is 1.40. The van der Waals surface area contributed by atoms with Crippen LogP contribution in [-0.4, -0.2) is 16.5 Å². The van der Waals surface area contributed by atoms with Crippen molar-refractivity contribution in [2.24, 2.45) is 34.5 Å². The molecule has 0 spiro atoms. The van der Waals surface area contributed by atoms with Crippen LogP contribution in [0.4, 0.5) is 0 Å². The number of fused-ring (bicyclic) bond motifs is 5. The van der Waals surface area contributed by atoms with Crippen LogP contribution in [0.15, 0.2) is 36.4 Å². The molecule has 3 saturated carbocycles. The number of allylic oxidation sites excluding steroid dienone is 1. The molecule has 8 atom stereocenters. The van der Waals surface area contributed by atoms with E-state index in [-0.39, 0.29) is 10.5 Å². The monoisotopic (exact) mass is 410 g/mol. The maximum atomic E-state index is 12.1. The Morgan fingerprint density at radius 3 is 2.62 bits per heavy atom. The second-order valence-corrected chi connectivity index (χ2v) is 12.0. The Labute approximate surface area is 179 Å². The van der Waals surface area contributed by atoms with E-state index in [1.807, 2.05) is 6.08 Å². The Morgan fingerprint density at radius 2 is 1.86 bits per heavy atom. The fourth-order valence-corrected chi connectivity index (χ4v) is 8.76. The summed E-state index contributed by atoms with van der Waals surface area (Å²) < 4.78 is 6.49. The largest absolute Gasteiger partial charge is 0.490 e. The van der Waals surface area contributed by atoms with Crippen molar-refractivity contribution in [2.45, 2.75) is 71.2 Å². The number of ether oxygens (including phenoxy) is 1. The molecule has 0 saturated heterocycles. The fourth-order valence-electron chi connectivity index (χ4n) is 7.43. The zero-order valence-corrected chi connectivity index (χ0v) is 19.0. The highest BCUT2D eigenvalue weighted by atomic mass is 32.2. The molecular formula is C26H34O2S. The molecule has 4 aliphatic rings. The third-order valence-corrected chi connectivity index (χ3v) is 10.3. The third kappa shape index (κ3) is 3.19. The number of hydrogen-bond acceptors (Lipinski definition) is 3. The molecule has 1 aliphatic heterocycles. The van der Waals surface area contributed by atoms with Crippen molar-refractivity contribution in [1.82, 2.24) is 0 Å². The first-order valence-corrected chi connectivity index (χ1v) is 12.3. The molecule has 0 radical (unpaired) electrons. The van der Waals surface area contributed by atoms with Gasteiger partial charge in [0, 0.05) is 10.7 Å². The molecule has 1 aromatic carbocycles. The van der Waals surface area contributed by atoms with Gasteiger partial charge < -0.3 is 4.74 Å². The lowest BCUT2D eigenvalue weighted by Gasteiger charge is -2.59. The van der Waals surface area contributed by atoms with Crippen LogP contribution >= 0.6 is 11.8 Å². The van der Waals surface area contributed by atoms with Crippen LogP contribution in [0.5, 0.6) is 5.75 Å². The fraction of sp³-hybridized carbons (Fsp3) is 0.654. The number of benzene rings is 1. The summed E-state index contributed by atoms with van der Waals surface area (Å²) in [6.07, 6.45) is 10.6. The first-order chi connectivity index (χ1) is 13.8. The smallest absolute Gasteiger partial charge is 0.212 e. The van der Waals surface area contributed by atoms with E-state index in [0.717, 1.165) is 17.6 Å². The minimum absolute atomic E-state index is 0.174. The van der Waals surface area contributed by atoms with E-state index in [2.05, 4.69) is 58.0 Å². The summed E-state index contributed by atoms with van der Waals surface area (Å²) in [7, 11) is 0. The lowest BCUT2D eigenvalue weighted by atomic mass is 9.48. The van der Waals surface area contributed by atoms with Gasteiger partial charge in [-0.05, 0) is 86.3 Å². The highest BCUT2D eigenvalue weighted by Crippen LogP contribution is 2.66. The summed E-state index contributed by atoms with van der Waals surface area (Å²) in [5.41, 5.74) is 1.85. The van der Waals surface area contributed by atoms with E-state index < -0.39 is 0 Å². The third-order valence-electron chi connectivity index (χ3n) is 8.96. The predicted molar refractivity (Wildman–Crippen MR) is 120 cm³/mol. The number of aryl methyl sites for hydroxylation is 1. The van der Waals surface area contributed by atoms with E-state index in [1.54, 1.807) is 11.8 Å². The summed E-state index contributed by atoms with van der Waals surface area (Å²) in [6.45, 7) is 9.55. The molecule has 156 valence electrons. The van der Waals surface area contributed by atoms with Gasteiger partial charge in [-0.2, -0.15) is 0 Å². The maximum Gasteiger partial charge on any atom is 0.212 e. The van der Waals surface area contributed by atoms with Crippen LogP contribution in [0.3, 0.4) is 0 Å². The number of carbonyl (C=O) groups excluding carboxylic acids is 1. The normalized spacial score (nSPS) is 46.0. The maximum absolute atomic E-state index is 12.1. The number of rotatable bonds is 2. The van der Waals surface area contributed by atoms with Gasteiger partial charge in [0.2, 0.25) is 5.12 Å². The van der Waals surface area contributed by atoms with Crippen molar-refractivity contribution in [3.05, 3.63) is 42.0 Å².